The van der Waals surface area contributed by atoms with Gasteiger partial charge in [0, 0.05) is 21.6 Å². The van der Waals surface area contributed by atoms with E-state index in [9.17, 15) is 14.9 Å². The number of rotatable bonds is 5. The number of hydrogen-bond acceptors (Lipinski definition) is 3. The molecule has 0 unspecified atom stereocenters. The predicted octanol–water partition coefficient (Wildman–Crippen LogP) is 4.72. The maximum atomic E-state index is 12.8. The second kappa shape index (κ2) is 7.89. The Morgan fingerprint density at radius 1 is 1.19 bits per heavy atom. The van der Waals surface area contributed by atoms with Crippen molar-refractivity contribution in [3.8, 4) is 6.07 Å². The highest BCUT2D eigenvalue weighted by atomic mass is 79.9. The zero-order chi connectivity index (χ0) is 19.6. The largest absolute Gasteiger partial charge is 0.338 e. The van der Waals surface area contributed by atoms with Crippen molar-refractivity contribution in [1.82, 2.24) is 4.57 Å². The first-order valence-corrected chi connectivity index (χ1v) is 9.53. The number of nitrogens with zero attached hydrogens (tertiary/aromatic N) is 2. The summed E-state index contributed by atoms with van der Waals surface area (Å²) >= 11 is 3.35. The van der Waals surface area contributed by atoms with E-state index in [2.05, 4.69) is 29.8 Å². The molecule has 5 heteroatoms. The molecule has 3 aromatic rings. The first-order chi connectivity index (χ1) is 12.9. The van der Waals surface area contributed by atoms with Crippen molar-refractivity contribution in [2.45, 2.75) is 26.8 Å². The molecular formula is C22H19BrN2O2. The van der Waals surface area contributed by atoms with E-state index in [1.54, 1.807) is 16.7 Å². The Kier molecular flexibility index (Phi) is 5.57. The van der Waals surface area contributed by atoms with Gasteiger partial charge in [0.05, 0.1) is 12.1 Å². The highest BCUT2D eigenvalue weighted by molar-refractivity contribution is 9.10. The number of aromatic nitrogens is 1. The number of fused-ring (bicyclic) bond motifs is 1. The van der Waals surface area contributed by atoms with Gasteiger partial charge in [-0.2, -0.15) is 5.26 Å². The second-order valence-electron chi connectivity index (χ2n) is 6.99. The van der Waals surface area contributed by atoms with Crippen LogP contribution in [-0.2, 0) is 13.0 Å². The summed E-state index contributed by atoms with van der Waals surface area (Å²) < 4.78 is 2.42. The maximum absolute atomic E-state index is 12.8. The molecule has 3 rings (SSSR count). The van der Waals surface area contributed by atoms with Gasteiger partial charge in [-0.25, -0.2) is 0 Å². The summed E-state index contributed by atoms with van der Waals surface area (Å²) in [6.07, 6.45) is 2.43. The maximum Gasteiger partial charge on any atom is 0.207 e. The predicted molar refractivity (Wildman–Crippen MR) is 110 cm³/mol. The zero-order valence-corrected chi connectivity index (χ0v) is 16.8. The van der Waals surface area contributed by atoms with E-state index < -0.39 is 0 Å². The fourth-order valence-electron chi connectivity index (χ4n) is 3.12. The van der Waals surface area contributed by atoms with Crippen molar-refractivity contribution < 1.29 is 4.79 Å². The molecule has 0 aliphatic carbocycles. The molecule has 0 fully saturated rings. The van der Waals surface area contributed by atoms with E-state index in [1.807, 2.05) is 36.4 Å². The van der Waals surface area contributed by atoms with Crippen molar-refractivity contribution in [2.24, 2.45) is 5.92 Å². The summed E-state index contributed by atoms with van der Waals surface area (Å²) in [6, 6.07) is 14.8. The van der Waals surface area contributed by atoms with Crippen molar-refractivity contribution in [3.63, 3.8) is 0 Å². The van der Waals surface area contributed by atoms with E-state index in [-0.39, 0.29) is 23.3 Å². The first-order valence-electron chi connectivity index (χ1n) is 8.74. The molecule has 2 aromatic carbocycles. The molecule has 1 heterocycles. The van der Waals surface area contributed by atoms with Crippen LogP contribution in [0.4, 0.5) is 0 Å². The van der Waals surface area contributed by atoms with E-state index in [1.165, 1.54) is 11.8 Å². The van der Waals surface area contributed by atoms with E-state index in [4.69, 9.17) is 0 Å². The number of carbonyl (C=O) groups is 1. The highest BCUT2D eigenvalue weighted by Crippen LogP contribution is 2.19. The number of carbonyl (C=O) groups excluding carboxylic acids is 1. The average molecular weight is 423 g/mol. The van der Waals surface area contributed by atoms with Crippen LogP contribution < -0.4 is 5.43 Å². The number of pyridine rings is 1. The van der Waals surface area contributed by atoms with Gasteiger partial charge < -0.3 is 4.57 Å². The summed E-state index contributed by atoms with van der Waals surface area (Å²) in [5.41, 5.74) is 2.15. The third-order valence-corrected chi connectivity index (χ3v) is 4.89. The molecular weight excluding hydrogens is 404 g/mol. The molecule has 0 amide bonds. The molecule has 0 aliphatic heterocycles. The van der Waals surface area contributed by atoms with Gasteiger partial charge in [-0.15, -0.1) is 0 Å². The van der Waals surface area contributed by atoms with Crippen LogP contribution >= 0.6 is 15.9 Å². The minimum absolute atomic E-state index is 0.0284. The van der Waals surface area contributed by atoms with Crippen LogP contribution in [0.3, 0.4) is 0 Å². The minimum atomic E-state index is -0.324. The van der Waals surface area contributed by atoms with Crippen LogP contribution in [0.15, 0.2) is 57.9 Å². The molecule has 1 aromatic heterocycles. The molecule has 0 spiro atoms. The summed E-state index contributed by atoms with van der Waals surface area (Å²) in [5.74, 6) is 0.491. The molecule has 0 bridgehead atoms. The lowest BCUT2D eigenvalue weighted by molar-refractivity contribution is 0.0973. The Labute approximate surface area is 166 Å². The molecule has 0 aliphatic rings. The van der Waals surface area contributed by atoms with Crippen LogP contribution in [-0.4, -0.2) is 10.4 Å². The molecule has 136 valence electrons. The average Bonchev–Trinajstić information content (AvgIpc) is 2.64. The van der Waals surface area contributed by atoms with Crippen LogP contribution in [0.1, 0.15) is 35.3 Å². The van der Waals surface area contributed by atoms with Gasteiger partial charge in [-0.05, 0) is 36.1 Å². The Hall–Kier alpha value is -2.71. The van der Waals surface area contributed by atoms with Crippen molar-refractivity contribution in [1.29, 1.82) is 5.26 Å². The quantitative estimate of drug-likeness (QED) is 0.558. The van der Waals surface area contributed by atoms with Gasteiger partial charge >= 0.3 is 0 Å². The number of Topliss-reactive ketones (excluding diaryl/α,β-unsaturated/α-hetero) is 1. The Bertz CT molecular complexity index is 1110. The molecule has 0 saturated carbocycles. The third-order valence-electron chi connectivity index (χ3n) is 4.40. The van der Waals surface area contributed by atoms with E-state index >= 15 is 0 Å². The summed E-state index contributed by atoms with van der Waals surface area (Å²) in [6.45, 7) is 4.38. The van der Waals surface area contributed by atoms with Crippen LogP contribution in [0, 0.1) is 17.2 Å². The number of benzene rings is 2. The molecule has 0 radical (unpaired) electrons. The molecule has 27 heavy (non-hydrogen) atoms. The highest BCUT2D eigenvalue weighted by Gasteiger charge is 2.13. The smallest absolute Gasteiger partial charge is 0.207 e. The Morgan fingerprint density at radius 3 is 2.52 bits per heavy atom. The number of hydrogen-bond donors (Lipinski definition) is 0. The van der Waals surface area contributed by atoms with Crippen LogP contribution in [0.2, 0.25) is 0 Å². The minimum Gasteiger partial charge on any atom is -0.338 e. The summed E-state index contributed by atoms with van der Waals surface area (Å²) in [7, 11) is 0. The summed E-state index contributed by atoms with van der Waals surface area (Å²) in [4.78, 5) is 25.2. The topological polar surface area (TPSA) is 62.9 Å². The molecule has 0 atom stereocenters. The van der Waals surface area contributed by atoms with E-state index in [0.717, 1.165) is 10.9 Å². The molecule has 0 saturated heterocycles. The second-order valence-corrected chi connectivity index (χ2v) is 7.91. The van der Waals surface area contributed by atoms with Gasteiger partial charge in [-0.3, -0.25) is 9.59 Å². The number of ketones is 1. The normalized spacial score (nSPS) is 10.9. The lowest BCUT2D eigenvalue weighted by Gasteiger charge is -2.12. The van der Waals surface area contributed by atoms with Gasteiger partial charge in [0.2, 0.25) is 5.43 Å². The van der Waals surface area contributed by atoms with Crippen molar-refractivity contribution >= 4 is 32.6 Å². The number of nitriles is 1. The van der Waals surface area contributed by atoms with Gasteiger partial charge in [-0.1, -0.05) is 54.0 Å². The van der Waals surface area contributed by atoms with Crippen LogP contribution in [0.25, 0.3) is 10.9 Å². The molecule has 4 nitrogen and oxygen atoms in total. The fourth-order valence-corrected chi connectivity index (χ4v) is 3.49. The van der Waals surface area contributed by atoms with E-state index in [0.29, 0.717) is 22.4 Å². The SMILES string of the molecule is CC(C)Cc1ccc(C(=O)Cn2cc(C#N)c(=O)c3cc(Br)ccc32)cc1. The van der Waals surface area contributed by atoms with Crippen LogP contribution in [0.5, 0.6) is 0 Å². The number of halogens is 1. The van der Waals surface area contributed by atoms with Gasteiger partial charge in [0.25, 0.3) is 0 Å². The first kappa shape index (κ1) is 19.1. The lowest BCUT2D eigenvalue weighted by atomic mass is 10.0. The third kappa shape index (κ3) is 4.17. The Balaban J connectivity index is 1.96. The Morgan fingerprint density at radius 2 is 1.89 bits per heavy atom. The summed E-state index contributed by atoms with van der Waals surface area (Å²) in [5, 5.41) is 9.69. The lowest BCUT2D eigenvalue weighted by Crippen LogP contribution is -2.17. The monoisotopic (exact) mass is 422 g/mol. The van der Waals surface area contributed by atoms with Gasteiger partial charge in [0.1, 0.15) is 11.6 Å². The fraction of sp³-hybridized carbons (Fsp3) is 0.227. The van der Waals surface area contributed by atoms with Crippen molar-refractivity contribution in [3.05, 3.63) is 80.0 Å². The zero-order valence-electron chi connectivity index (χ0n) is 15.2. The molecule has 0 N–H and O–H groups in total. The van der Waals surface area contributed by atoms with Gasteiger partial charge in [0.15, 0.2) is 5.78 Å². The standard InChI is InChI=1S/C22H19BrN2O2/c1-14(2)9-15-3-5-16(6-4-15)21(26)13-25-12-17(11-24)22(27)19-10-18(23)7-8-20(19)25/h3-8,10,12,14H,9,13H2,1-2H3. The van der Waals surface area contributed by atoms with Crippen molar-refractivity contribution in [2.75, 3.05) is 0 Å².